The fraction of sp³-hybridized carbons (Fsp3) is 0.444. The highest BCUT2D eigenvalue weighted by atomic mass is 16.5. The van der Waals surface area contributed by atoms with E-state index in [0.29, 0.717) is 0 Å². The number of esters is 1. The molecule has 0 spiro atoms. The number of benzene rings is 1. The van der Waals surface area contributed by atoms with E-state index in [1.165, 1.54) is 19.6 Å². The van der Waals surface area contributed by atoms with Crippen molar-refractivity contribution in [2.45, 2.75) is 39.0 Å². The number of nitrogens with one attached hydrogen (secondary N) is 1. The lowest BCUT2D eigenvalue weighted by molar-refractivity contribution is -0.134. The van der Waals surface area contributed by atoms with Crippen molar-refractivity contribution in [2.75, 3.05) is 12.4 Å². The summed E-state index contributed by atoms with van der Waals surface area (Å²) in [6.45, 7) is 2.04. The molecule has 0 unspecified atom stereocenters. The van der Waals surface area contributed by atoms with Gasteiger partial charge in [0.15, 0.2) is 0 Å². The maximum atomic E-state index is 12.5. The standard InChI is InChI=1S/C18H23NO3/c1-18(11-4-3-5-12-18)17(21)19-15-8-6-7-14(13-15)9-10-16(20)22-2/h6-10,13H,3-5,11-12H2,1-2H3,(H,19,21)/b10-9+. The number of hydrogen-bond donors (Lipinski definition) is 1. The van der Waals surface area contributed by atoms with E-state index in [0.717, 1.165) is 36.9 Å². The van der Waals surface area contributed by atoms with Gasteiger partial charge in [-0.05, 0) is 36.6 Å². The average Bonchev–Trinajstić information content (AvgIpc) is 2.53. The Balaban J connectivity index is 2.05. The monoisotopic (exact) mass is 301 g/mol. The van der Waals surface area contributed by atoms with E-state index in [9.17, 15) is 9.59 Å². The molecule has 1 amide bonds. The molecule has 2 rings (SSSR count). The third-order valence-corrected chi connectivity index (χ3v) is 4.26. The van der Waals surface area contributed by atoms with E-state index >= 15 is 0 Å². The van der Waals surface area contributed by atoms with Gasteiger partial charge in [-0.3, -0.25) is 4.79 Å². The van der Waals surface area contributed by atoms with Crippen LogP contribution in [0.15, 0.2) is 30.3 Å². The highest BCUT2D eigenvalue weighted by molar-refractivity contribution is 5.95. The van der Waals surface area contributed by atoms with Crippen LogP contribution in [0.3, 0.4) is 0 Å². The summed E-state index contributed by atoms with van der Waals surface area (Å²) < 4.78 is 4.56. The molecule has 1 aliphatic carbocycles. The average molecular weight is 301 g/mol. The van der Waals surface area contributed by atoms with Crippen LogP contribution in [0, 0.1) is 5.41 Å². The Kier molecular flexibility index (Phi) is 5.36. The summed E-state index contributed by atoms with van der Waals surface area (Å²) in [5.74, 6) is -0.314. The van der Waals surface area contributed by atoms with Gasteiger partial charge in [-0.2, -0.15) is 0 Å². The van der Waals surface area contributed by atoms with Crippen LogP contribution in [0.25, 0.3) is 6.08 Å². The minimum Gasteiger partial charge on any atom is -0.466 e. The van der Waals surface area contributed by atoms with Crippen LogP contribution in [-0.4, -0.2) is 19.0 Å². The number of carbonyl (C=O) groups is 2. The predicted molar refractivity (Wildman–Crippen MR) is 87.3 cm³/mol. The van der Waals surface area contributed by atoms with Crippen LogP contribution in [0.4, 0.5) is 5.69 Å². The third kappa shape index (κ3) is 4.20. The number of methoxy groups -OCH3 is 1. The van der Waals surface area contributed by atoms with Crippen molar-refractivity contribution < 1.29 is 14.3 Å². The van der Waals surface area contributed by atoms with E-state index in [1.807, 2.05) is 31.2 Å². The van der Waals surface area contributed by atoms with E-state index in [2.05, 4.69) is 10.1 Å². The third-order valence-electron chi connectivity index (χ3n) is 4.26. The van der Waals surface area contributed by atoms with Crippen molar-refractivity contribution in [3.63, 3.8) is 0 Å². The number of carbonyl (C=O) groups excluding carboxylic acids is 2. The lowest BCUT2D eigenvalue weighted by Crippen LogP contribution is -2.35. The SMILES string of the molecule is COC(=O)/C=C/c1cccc(NC(=O)C2(C)CCCCC2)c1. The Morgan fingerprint density at radius 3 is 2.64 bits per heavy atom. The van der Waals surface area contributed by atoms with Crippen LogP contribution in [0.5, 0.6) is 0 Å². The van der Waals surface area contributed by atoms with Crippen molar-refractivity contribution in [3.8, 4) is 0 Å². The largest absolute Gasteiger partial charge is 0.466 e. The Labute approximate surface area is 131 Å². The first-order valence-corrected chi connectivity index (χ1v) is 7.71. The van der Waals surface area contributed by atoms with Gasteiger partial charge >= 0.3 is 5.97 Å². The molecule has 0 saturated heterocycles. The van der Waals surface area contributed by atoms with Crippen molar-refractivity contribution in [2.24, 2.45) is 5.41 Å². The van der Waals surface area contributed by atoms with Crippen molar-refractivity contribution in [3.05, 3.63) is 35.9 Å². The lowest BCUT2D eigenvalue weighted by atomic mass is 9.75. The highest BCUT2D eigenvalue weighted by Crippen LogP contribution is 2.36. The molecule has 0 aliphatic heterocycles. The molecule has 0 bridgehead atoms. The van der Waals surface area contributed by atoms with Gasteiger partial charge in [0.05, 0.1) is 7.11 Å². The summed E-state index contributed by atoms with van der Waals surface area (Å²) in [4.78, 5) is 23.6. The van der Waals surface area contributed by atoms with Crippen LogP contribution in [0.1, 0.15) is 44.6 Å². The number of ether oxygens (including phenoxy) is 1. The minimum absolute atomic E-state index is 0.0845. The van der Waals surface area contributed by atoms with Gasteiger partial charge in [-0.25, -0.2) is 4.79 Å². The quantitative estimate of drug-likeness (QED) is 0.680. The first-order valence-electron chi connectivity index (χ1n) is 7.71. The van der Waals surface area contributed by atoms with Crippen molar-refractivity contribution in [1.29, 1.82) is 0 Å². The zero-order valence-corrected chi connectivity index (χ0v) is 13.2. The van der Waals surface area contributed by atoms with Gasteiger partial charge in [-0.1, -0.05) is 38.3 Å². The molecule has 22 heavy (non-hydrogen) atoms. The van der Waals surface area contributed by atoms with Gasteiger partial charge in [-0.15, -0.1) is 0 Å². The van der Waals surface area contributed by atoms with Gasteiger partial charge in [0.2, 0.25) is 5.91 Å². The normalized spacial score (nSPS) is 17.2. The Morgan fingerprint density at radius 1 is 1.23 bits per heavy atom. The van der Waals surface area contributed by atoms with Crippen LogP contribution >= 0.6 is 0 Å². The summed E-state index contributed by atoms with van der Waals surface area (Å²) in [5.41, 5.74) is 1.33. The summed E-state index contributed by atoms with van der Waals surface area (Å²) in [6.07, 6.45) is 8.38. The Bertz CT molecular complexity index is 571. The maximum absolute atomic E-state index is 12.5. The number of hydrogen-bond acceptors (Lipinski definition) is 3. The zero-order valence-electron chi connectivity index (χ0n) is 13.2. The molecule has 4 heteroatoms. The van der Waals surface area contributed by atoms with Gasteiger partial charge in [0, 0.05) is 17.2 Å². The summed E-state index contributed by atoms with van der Waals surface area (Å²) in [5, 5.41) is 3.01. The molecule has 1 aromatic carbocycles. The molecule has 0 aromatic heterocycles. The topological polar surface area (TPSA) is 55.4 Å². The van der Waals surface area contributed by atoms with Gasteiger partial charge < -0.3 is 10.1 Å². The second-order valence-corrected chi connectivity index (χ2v) is 6.06. The Morgan fingerprint density at radius 2 is 1.95 bits per heavy atom. The van der Waals surface area contributed by atoms with E-state index in [4.69, 9.17) is 0 Å². The van der Waals surface area contributed by atoms with Gasteiger partial charge in [0.25, 0.3) is 0 Å². The molecule has 4 nitrogen and oxygen atoms in total. The lowest BCUT2D eigenvalue weighted by Gasteiger charge is -2.32. The van der Waals surface area contributed by atoms with Crippen molar-refractivity contribution >= 4 is 23.6 Å². The molecule has 0 heterocycles. The van der Waals surface area contributed by atoms with Gasteiger partial charge in [0.1, 0.15) is 0 Å². The van der Waals surface area contributed by atoms with Crippen LogP contribution in [-0.2, 0) is 14.3 Å². The summed E-state index contributed by atoms with van der Waals surface area (Å²) >= 11 is 0. The minimum atomic E-state index is -0.399. The smallest absolute Gasteiger partial charge is 0.330 e. The molecule has 1 fully saturated rings. The molecule has 0 atom stereocenters. The summed E-state index contributed by atoms with van der Waals surface area (Å²) in [6, 6.07) is 7.44. The van der Waals surface area contributed by atoms with Crippen LogP contribution in [0.2, 0.25) is 0 Å². The number of rotatable bonds is 4. The molecule has 0 radical (unpaired) electrons. The predicted octanol–water partition coefficient (Wildman–Crippen LogP) is 3.78. The fourth-order valence-corrected chi connectivity index (χ4v) is 2.79. The summed E-state index contributed by atoms with van der Waals surface area (Å²) in [7, 11) is 1.34. The molecule has 118 valence electrons. The molecule has 1 N–H and O–H groups in total. The molecular formula is C18H23NO3. The molecular weight excluding hydrogens is 278 g/mol. The highest BCUT2D eigenvalue weighted by Gasteiger charge is 2.34. The molecule has 1 saturated carbocycles. The molecule has 1 aliphatic rings. The maximum Gasteiger partial charge on any atom is 0.330 e. The first kappa shape index (κ1) is 16.3. The second kappa shape index (κ2) is 7.25. The first-order chi connectivity index (χ1) is 10.5. The Hall–Kier alpha value is -2.10. The molecule has 1 aromatic rings. The number of anilines is 1. The van der Waals surface area contributed by atoms with E-state index < -0.39 is 5.97 Å². The fourth-order valence-electron chi connectivity index (χ4n) is 2.79. The van der Waals surface area contributed by atoms with Crippen molar-refractivity contribution in [1.82, 2.24) is 0 Å². The van der Waals surface area contributed by atoms with Crippen LogP contribution < -0.4 is 5.32 Å². The van der Waals surface area contributed by atoms with E-state index in [1.54, 1.807) is 6.08 Å². The zero-order chi connectivity index (χ0) is 16.0. The van der Waals surface area contributed by atoms with E-state index in [-0.39, 0.29) is 11.3 Å². The number of amides is 1. The second-order valence-electron chi connectivity index (χ2n) is 6.06.